The fourth-order valence-corrected chi connectivity index (χ4v) is 2.43. The molecule has 0 radical (unpaired) electrons. The third-order valence-electron chi connectivity index (χ3n) is 3.17. The van der Waals surface area contributed by atoms with Crippen LogP contribution in [0.2, 0.25) is 0 Å². The molecule has 0 spiro atoms. The number of nitrogens with one attached hydrogen (secondary N) is 2. The minimum Gasteiger partial charge on any atom is -0.496 e. The van der Waals surface area contributed by atoms with Crippen LogP contribution in [-0.2, 0) is 7.05 Å². The zero-order valence-corrected chi connectivity index (χ0v) is 12.8. The molecule has 7 nitrogen and oxygen atoms in total. The Morgan fingerprint density at radius 2 is 2.05 bits per heavy atom. The second-order valence-electron chi connectivity index (χ2n) is 4.45. The van der Waals surface area contributed by atoms with Crippen LogP contribution in [0.3, 0.4) is 0 Å². The number of rotatable bonds is 2. The molecule has 0 aliphatic heterocycles. The predicted molar refractivity (Wildman–Crippen MR) is 81.6 cm³/mol. The molecule has 0 saturated carbocycles. The summed E-state index contributed by atoms with van der Waals surface area (Å²) < 4.78 is 7.46. The predicted octanol–water partition coefficient (Wildman–Crippen LogP) is 1.39. The molecule has 3 rings (SSSR count). The zero-order valence-electron chi connectivity index (χ0n) is 11.2. The van der Waals surface area contributed by atoms with Crippen molar-refractivity contribution < 1.29 is 4.74 Å². The summed E-state index contributed by atoms with van der Waals surface area (Å²) in [5.41, 5.74) is 0.237. The van der Waals surface area contributed by atoms with E-state index in [1.165, 1.54) is 4.57 Å². The van der Waals surface area contributed by atoms with Crippen LogP contribution < -0.4 is 16.0 Å². The van der Waals surface area contributed by atoms with Crippen molar-refractivity contribution in [1.82, 2.24) is 19.5 Å². The fraction of sp³-hybridized carbons (Fsp3) is 0.154. The van der Waals surface area contributed by atoms with Crippen LogP contribution in [0.15, 0.2) is 32.3 Å². The first kappa shape index (κ1) is 13.6. The second-order valence-corrected chi connectivity index (χ2v) is 5.36. The molecule has 0 unspecified atom stereocenters. The molecule has 0 bridgehead atoms. The number of aryl methyl sites for hydroxylation is 1. The quantitative estimate of drug-likeness (QED) is 0.730. The maximum Gasteiger partial charge on any atom is 0.329 e. The van der Waals surface area contributed by atoms with Crippen molar-refractivity contribution >= 4 is 27.1 Å². The molecule has 0 amide bonds. The maximum atomic E-state index is 11.8. The number of aromatic amines is 2. The van der Waals surface area contributed by atoms with Crippen LogP contribution in [0.25, 0.3) is 22.6 Å². The molecule has 2 N–H and O–H groups in total. The van der Waals surface area contributed by atoms with E-state index in [2.05, 4.69) is 30.9 Å². The van der Waals surface area contributed by atoms with Gasteiger partial charge in [0.2, 0.25) is 0 Å². The Morgan fingerprint density at radius 1 is 1.29 bits per heavy atom. The molecule has 0 atom stereocenters. The average molecular weight is 351 g/mol. The molecule has 0 aliphatic carbocycles. The van der Waals surface area contributed by atoms with Crippen LogP contribution in [-0.4, -0.2) is 26.6 Å². The molecule has 1 aromatic carbocycles. The smallest absolute Gasteiger partial charge is 0.329 e. The Hall–Kier alpha value is -2.35. The van der Waals surface area contributed by atoms with E-state index in [-0.39, 0.29) is 5.52 Å². The normalized spacial score (nSPS) is 11.0. The second kappa shape index (κ2) is 4.88. The van der Waals surface area contributed by atoms with E-state index >= 15 is 0 Å². The summed E-state index contributed by atoms with van der Waals surface area (Å²) in [6.45, 7) is 0. The summed E-state index contributed by atoms with van der Waals surface area (Å²) in [6, 6.07) is 5.45. The van der Waals surface area contributed by atoms with Crippen LogP contribution in [0.1, 0.15) is 0 Å². The first-order valence-electron chi connectivity index (χ1n) is 6.04. The van der Waals surface area contributed by atoms with E-state index in [0.29, 0.717) is 22.8 Å². The summed E-state index contributed by atoms with van der Waals surface area (Å²) >= 11 is 3.37. The minimum atomic E-state index is -0.506. The topological polar surface area (TPSA) is 92.8 Å². The highest BCUT2D eigenvalue weighted by atomic mass is 79.9. The van der Waals surface area contributed by atoms with Crippen LogP contribution in [0, 0.1) is 0 Å². The first-order valence-corrected chi connectivity index (χ1v) is 6.83. The third-order valence-corrected chi connectivity index (χ3v) is 3.67. The van der Waals surface area contributed by atoms with Crippen molar-refractivity contribution in [3.05, 3.63) is 43.5 Å². The number of halogens is 1. The number of hydrogen-bond donors (Lipinski definition) is 2. The highest BCUT2D eigenvalue weighted by Crippen LogP contribution is 2.31. The average Bonchev–Trinajstić information content (AvgIpc) is 2.90. The molecule has 2 heterocycles. The van der Waals surface area contributed by atoms with Gasteiger partial charge in [-0.25, -0.2) is 9.78 Å². The Bertz CT molecular complexity index is 954. The molecule has 3 aromatic rings. The van der Waals surface area contributed by atoms with Crippen molar-refractivity contribution in [3.63, 3.8) is 0 Å². The Morgan fingerprint density at radius 3 is 2.76 bits per heavy atom. The van der Waals surface area contributed by atoms with Gasteiger partial charge in [-0.15, -0.1) is 0 Å². The van der Waals surface area contributed by atoms with Gasteiger partial charge in [-0.1, -0.05) is 15.9 Å². The number of nitrogens with zero attached hydrogens (tertiary/aromatic N) is 2. The first-order chi connectivity index (χ1) is 10.0. The molecular weight excluding hydrogens is 340 g/mol. The van der Waals surface area contributed by atoms with Crippen molar-refractivity contribution in [2.24, 2.45) is 7.05 Å². The number of methoxy groups -OCH3 is 1. The standard InChI is InChI=1S/C13H11BrN4O3/c1-18-11-9(12(19)17-13(18)20)15-10(16-11)7-4-3-6(14)5-8(7)21-2/h3-5H,1-2H3,(H,15,16)(H,17,19,20). The van der Waals surface area contributed by atoms with Gasteiger partial charge in [-0.05, 0) is 18.2 Å². The van der Waals surface area contributed by atoms with Gasteiger partial charge in [0.05, 0.1) is 12.7 Å². The Labute approximate surface area is 126 Å². The number of ether oxygens (including phenoxy) is 1. The fourth-order valence-electron chi connectivity index (χ4n) is 2.09. The number of H-pyrrole nitrogens is 2. The van der Waals surface area contributed by atoms with E-state index in [4.69, 9.17) is 4.74 Å². The monoisotopic (exact) mass is 350 g/mol. The highest BCUT2D eigenvalue weighted by Gasteiger charge is 2.15. The van der Waals surface area contributed by atoms with Gasteiger partial charge in [0, 0.05) is 11.5 Å². The van der Waals surface area contributed by atoms with Crippen LogP contribution in [0.4, 0.5) is 0 Å². The number of fused-ring (bicyclic) bond motifs is 1. The van der Waals surface area contributed by atoms with Crippen molar-refractivity contribution in [2.45, 2.75) is 0 Å². The number of imidazole rings is 1. The molecule has 0 saturated heterocycles. The number of benzene rings is 1. The van der Waals surface area contributed by atoms with Gasteiger partial charge in [-0.3, -0.25) is 14.3 Å². The lowest BCUT2D eigenvalue weighted by Crippen LogP contribution is -2.28. The SMILES string of the molecule is COc1cc(Br)ccc1-c1nc2c([nH]1)c(=O)[nH]c(=O)n2C. The lowest BCUT2D eigenvalue weighted by Gasteiger charge is -2.06. The van der Waals surface area contributed by atoms with Gasteiger partial charge in [-0.2, -0.15) is 0 Å². The summed E-state index contributed by atoms with van der Waals surface area (Å²) in [7, 11) is 3.10. The third kappa shape index (κ3) is 2.17. The summed E-state index contributed by atoms with van der Waals surface area (Å²) in [6.07, 6.45) is 0. The molecule has 108 valence electrons. The zero-order chi connectivity index (χ0) is 15.1. The summed E-state index contributed by atoms with van der Waals surface area (Å²) in [5, 5.41) is 0. The maximum absolute atomic E-state index is 11.8. The van der Waals surface area contributed by atoms with E-state index in [1.807, 2.05) is 12.1 Å². The lowest BCUT2D eigenvalue weighted by molar-refractivity contribution is 0.416. The molecule has 21 heavy (non-hydrogen) atoms. The molecule has 0 aliphatic rings. The van der Waals surface area contributed by atoms with Gasteiger partial charge >= 0.3 is 5.69 Å². The largest absolute Gasteiger partial charge is 0.496 e. The van der Waals surface area contributed by atoms with E-state index in [0.717, 1.165) is 4.47 Å². The van der Waals surface area contributed by atoms with Gasteiger partial charge in [0.15, 0.2) is 5.65 Å². The Balaban J connectivity index is 2.32. The van der Waals surface area contributed by atoms with Gasteiger partial charge < -0.3 is 9.72 Å². The van der Waals surface area contributed by atoms with Crippen LogP contribution >= 0.6 is 15.9 Å². The Kier molecular flexibility index (Phi) is 3.17. The van der Waals surface area contributed by atoms with E-state index in [1.54, 1.807) is 20.2 Å². The summed E-state index contributed by atoms with van der Waals surface area (Å²) in [4.78, 5) is 32.9. The molecule has 8 heteroatoms. The van der Waals surface area contributed by atoms with Crippen molar-refractivity contribution in [3.8, 4) is 17.1 Å². The van der Waals surface area contributed by atoms with E-state index in [9.17, 15) is 9.59 Å². The van der Waals surface area contributed by atoms with Gasteiger partial charge in [0.1, 0.15) is 17.1 Å². The minimum absolute atomic E-state index is 0.247. The lowest BCUT2D eigenvalue weighted by atomic mass is 10.2. The van der Waals surface area contributed by atoms with Gasteiger partial charge in [0.25, 0.3) is 5.56 Å². The highest BCUT2D eigenvalue weighted by molar-refractivity contribution is 9.10. The van der Waals surface area contributed by atoms with E-state index < -0.39 is 11.2 Å². The van der Waals surface area contributed by atoms with Crippen LogP contribution in [0.5, 0.6) is 5.75 Å². The molecule has 0 fully saturated rings. The molecular formula is C13H11BrN4O3. The summed E-state index contributed by atoms with van der Waals surface area (Å²) in [5.74, 6) is 1.06. The van der Waals surface area contributed by atoms with Crippen molar-refractivity contribution in [1.29, 1.82) is 0 Å². The van der Waals surface area contributed by atoms with Crippen molar-refractivity contribution in [2.75, 3.05) is 7.11 Å². The number of hydrogen-bond acceptors (Lipinski definition) is 4. The number of aromatic nitrogens is 4. The molecule has 2 aromatic heterocycles.